The first kappa shape index (κ1) is 22.6. The highest BCUT2D eigenvalue weighted by Gasteiger charge is 2.46. The quantitative estimate of drug-likeness (QED) is 0.281. The van der Waals surface area contributed by atoms with Crippen LogP contribution in [0.15, 0.2) is 42.1 Å². The number of unbranched alkanes of at least 4 members (excludes halogenated alkanes) is 2. The molecule has 1 aliphatic heterocycles. The fourth-order valence-electron chi connectivity index (χ4n) is 3.68. The van der Waals surface area contributed by atoms with Crippen molar-refractivity contribution >= 4 is 29.1 Å². The molecule has 0 bridgehead atoms. The highest BCUT2D eigenvalue weighted by atomic mass is 35.5. The number of aliphatic hydroxyl groups is 1. The van der Waals surface area contributed by atoms with Crippen LogP contribution in [0.1, 0.15) is 43.5 Å². The average Bonchev–Trinajstić information content (AvgIpc) is 3.04. The molecule has 0 saturated carbocycles. The summed E-state index contributed by atoms with van der Waals surface area (Å²) in [4.78, 5) is 31.8. The van der Waals surface area contributed by atoms with Crippen LogP contribution in [0.25, 0.3) is 5.76 Å². The average molecular weight is 445 g/mol. The largest absolute Gasteiger partial charge is 0.507 e. The molecule has 1 aromatic heterocycles. The fourth-order valence-corrected chi connectivity index (χ4v) is 3.91. The van der Waals surface area contributed by atoms with Crippen molar-refractivity contribution in [1.82, 2.24) is 9.88 Å². The monoisotopic (exact) mass is 444 g/mol. The lowest BCUT2D eigenvalue weighted by atomic mass is 9.97. The maximum Gasteiger partial charge on any atom is 0.295 e. The highest BCUT2D eigenvalue weighted by Crippen LogP contribution is 2.42. The van der Waals surface area contributed by atoms with E-state index in [2.05, 4.69) is 11.9 Å². The predicted octanol–water partition coefficient (Wildman–Crippen LogP) is 4.36. The van der Waals surface area contributed by atoms with Crippen LogP contribution in [0.5, 0.6) is 11.5 Å². The Morgan fingerprint density at radius 1 is 1.16 bits per heavy atom. The van der Waals surface area contributed by atoms with Crippen molar-refractivity contribution in [2.75, 3.05) is 20.8 Å². The number of carbonyl (C=O) groups is 2. The summed E-state index contributed by atoms with van der Waals surface area (Å²) in [6, 6.07) is 7.43. The van der Waals surface area contributed by atoms with Gasteiger partial charge in [0.15, 0.2) is 0 Å². The second-order valence-electron chi connectivity index (χ2n) is 7.14. The molecule has 1 saturated heterocycles. The van der Waals surface area contributed by atoms with Crippen LogP contribution in [0.3, 0.4) is 0 Å². The van der Waals surface area contributed by atoms with Crippen LogP contribution in [0, 0.1) is 0 Å². The molecule has 0 radical (unpaired) electrons. The molecule has 8 heteroatoms. The number of hydrogen-bond donors (Lipinski definition) is 1. The number of nitrogens with zero attached hydrogens (tertiary/aromatic N) is 2. The summed E-state index contributed by atoms with van der Waals surface area (Å²) in [7, 11) is 2.87. The van der Waals surface area contributed by atoms with Gasteiger partial charge in [0, 0.05) is 18.8 Å². The van der Waals surface area contributed by atoms with Gasteiger partial charge in [-0.25, -0.2) is 0 Å². The topological polar surface area (TPSA) is 89.0 Å². The molecule has 1 unspecified atom stereocenters. The molecule has 2 heterocycles. The Hall–Kier alpha value is -3.06. The molecule has 7 nitrogen and oxygen atoms in total. The molecular formula is C23H25ClN2O5. The van der Waals surface area contributed by atoms with Gasteiger partial charge >= 0.3 is 0 Å². The third kappa shape index (κ3) is 4.37. The van der Waals surface area contributed by atoms with Gasteiger partial charge in [-0.05, 0) is 24.6 Å². The summed E-state index contributed by atoms with van der Waals surface area (Å²) >= 11 is 6.17. The molecular weight excluding hydrogens is 420 g/mol. The third-order valence-electron chi connectivity index (χ3n) is 5.24. The number of benzene rings is 1. The molecule has 1 N–H and O–H groups in total. The van der Waals surface area contributed by atoms with Gasteiger partial charge in [-0.15, -0.1) is 0 Å². The Bertz CT molecular complexity index is 1010. The van der Waals surface area contributed by atoms with E-state index in [4.69, 9.17) is 21.1 Å². The number of amides is 1. The number of Topliss-reactive ketones (excluding diaryl/α,β-unsaturated/α-hetero) is 1. The zero-order chi connectivity index (χ0) is 22.5. The minimum atomic E-state index is -0.801. The molecule has 2 aromatic rings. The zero-order valence-electron chi connectivity index (χ0n) is 17.7. The number of hydrogen-bond acceptors (Lipinski definition) is 6. The number of aromatic nitrogens is 1. The molecule has 3 rings (SSSR count). The molecule has 0 aliphatic carbocycles. The number of ether oxygens (including phenoxy) is 2. The van der Waals surface area contributed by atoms with Crippen LogP contribution in [-0.2, 0) is 9.59 Å². The number of carbonyl (C=O) groups excluding carboxylic acids is 2. The SMILES string of the molecule is CCCCCN1C(=O)C(=O)/C(=C(/O)c2cc(OC)c(Cl)cc2OC)C1c1ccccn1. The van der Waals surface area contributed by atoms with Crippen LogP contribution in [-0.4, -0.2) is 47.4 Å². The summed E-state index contributed by atoms with van der Waals surface area (Å²) in [5.74, 6) is -1.23. The number of methoxy groups -OCH3 is 2. The van der Waals surface area contributed by atoms with Gasteiger partial charge in [0.05, 0.1) is 36.1 Å². The lowest BCUT2D eigenvalue weighted by Gasteiger charge is -2.24. The summed E-state index contributed by atoms with van der Waals surface area (Å²) in [6.45, 7) is 2.45. The van der Waals surface area contributed by atoms with Crippen LogP contribution in [0.4, 0.5) is 0 Å². The zero-order valence-corrected chi connectivity index (χ0v) is 18.5. The Labute approximate surface area is 186 Å². The Balaban J connectivity index is 2.20. The number of halogens is 1. The lowest BCUT2D eigenvalue weighted by molar-refractivity contribution is -0.140. The minimum absolute atomic E-state index is 0.0390. The van der Waals surface area contributed by atoms with Gasteiger partial charge in [-0.1, -0.05) is 37.4 Å². The molecule has 1 amide bonds. The Morgan fingerprint density at radius 2 is 1.90 bits per heavy atom. The maximum absolute atomic E-state index is 13.0. The number of likely N-dealkylation sites (tertiary alicyclic amines) is 1. The Kier molecular flexibility index (Phi) is 7.17. The number of ketones is 1. The molecule has 31 heavy (non-hydrogen) atoms. The summed E-state index contributed by atoms with van der Waals surface area (Å²) < 4.78 is 10.6. The lowest BCUT2D eigenvalue weighted by Crippen LogP contribution is -2.31. The molecule has 1 aromatic carbocycles. The number of pyridine rings is 1. The summed E-state index contributed by atoms with van der Waals surface area (Å²) in [6.07, 6.45) is 4.22. The molecule has 1 aliphatic rings. The maximum atomic E-state index is 13.0. The van der Waals surface area contributed by atoms with E-state index in [1.165, 1.54) is 31.3 Å². The molecule has 164 valence electrons. The first-order valence-electron chi connectivity index (χ1n) is 10.1. The first-order chi connectivity index (χ1) is 14.9. The fraction of sp³-hybridized carbons (Fsp3) is 0.348. The summed E-state index contributed by atoms with van der Waals surface area (Å²) in [5.41, 5.74) is 0.666. The van der Waals surface area contributed by atoms with Crippen LogP contribution < -0.4 is 9.47 Å². The normalized spacial score (nSPS) is 17.8. The van der Waals surface area contributed by atoms with Crippen molar-refractivity contribution in [2.24, 2.45) is 0 Å². The van der Waals surface area contributed by atoms with Gasteiger partial charge in [0.1, 0.15) is 23.3 Å². The number of rotatable bonds is 8. The van der Waals surface area contributed by atoms with E-state index >= 15 is 0 Å². The smallest absolute Gasteiger partial charge is 0.295 e. The van der Waals surface area contributed by atoms with Gasteiger partial charge in [0.2, 0.25) is 0 Å². The van der Waals surface area contributed by atoms with Crippen molar-refractivity contribution in [3.05, 3.63) is 58.4 Å². The van der Waals surface area contributed by atoms with Crippen molar-refractivity contribution < 1.29 is 24.2 Å². The molecule has 1 atom stereocenters. The van der Waals surface area contributed by atoms with Crippen molar-refractivity contribution in [3.63, 3.8) is 0 Å². The van der Waals surface area contributed by atoms with E-state index in [1.807, 2.05) is 0 Å². The predicted molar refractivity (Wildman–Crippen MR) is 117 cm³/mol. The van der Waals surface area contributed by atoms with Gasteiger partial charge in [-0.3, -0.25) is 14.6 Å². The van der Waals surface area contributed by atoms with E-state index in [-0.39, 0.29) is 27.7 Å². The first-order valence-corrected chi connectivity index (χ1v) is 10.4. The van der Waals surface area contributed by atoms with Crippen LogP contribution >= 0.6 is 11.6 Å². The number of aliphatic hydroxyl groups excluding tert-OH is 1. The Morgan fingerprint density at radius 3 is 2.52 bits per heavy atom. The van der Waals surface area contributed by atoms with Crippen LogP contribution in [0.2, 0.25) is 5.02 Å². The highest BCUT2D eigenvalue weighted by molar-refractivity contribution is 6.46. The van der Waals surface area contributed by atoms with E-state index in [0.717, 1.165) is 19.3 Å². The van der Waals surface area contributed by atoms with E-state index in [0.29, 0.717) is 18.0 Å². The van der Waals surface area contributed by atoms with Crippen molar-refractivity contribution in [2.45, 2.75) is 32.2 Å². The van der Waals surface area contributed by atoms with E-state index < -0.39 is 17.7 Å². The third-order valence-corrected chi connectivity index (χ3v) is 5.53. The molecule has 0 spiro atoms. The molecule has 1 fully saturated rings. The van der Waals surface area contributed by atoms with Crippen molar-refractivity contribution in [3.8, 4) is 11.5 Å². The standard InChI is InChI=1S/C23H25ClN2O5/c1-4-5-8-11-26-20(16-9-6-7-10-25-16)19(22(28)23(26)29)21(27)14-12-18(31-3)15(24)13-17(14)30-2/h6-7,9-10,12-13,20,27H,4-5,8,11H2,1-3H3/b21-19+. The van der Waals surface area contributed by atoms with E-state index in [1.54, 1.807) is 24.4 Å². The van der Waals surface area contributed by atoms with Gasteiger partial charge in [-0.2, -0.15) is 0 Å². The second kappa shape index (κ2) is 9.83. The van der Waals surface area contributed by atoms with E-state index in [9.17, 15) is 14.7 Å². The van der Waals surface area contributed by atoms with Crippen molar-refractivity contribution in [1.29, 1.82) is 0 Å². The summed E-state index contributed by atoms with van der Waals surface area (Å²) in [5, 5.41) is 11.5. The minimum Gasteiger partial charge on any atom is -0.507 e. The van der Waals surface area contributed by atoms with Gasteiger partial charge < -0.3 is 19.5 Å². The second-order valence-corrected chi connectivity index (χ2v) is 7.55. The van der Waals surface area contributed by atoms with Gasteiger partial charge in [0.25, 0.3) is 11.7 Å².